The molecule has 2 fully saturated rings. The molecule has 0 aliphatic carbocycles. The van der Waals surface area contributed by atoms with Gasteiger partial charge < -0.3 is 9.42 Å². The minimum absolute atomic E-state index is 0.204. The van der Waals surface area contributed by atoms with Gasteiger partial charge in [0.25, 0.3) is 0 Å². The number of amides is 1. The maximum atomic E-state index is 12.9. The largest absolute Gasteiger partial charge is 0.343 e. The molecule has 4 heterocycles. The molecule has 1 spiro atoms. The van der Waals surface area contributed by atoms with Crippen LogP contribution in [0.4, 0.5) is 0 Å². The van der Waals surface area contributed by atoms with Crippen LogP contribution >= 0.6 is 0 Å². The molecule has 1 unspecified atom stereocenters. The van der Waals surface area contributed by atoms with Crippen molar-refractivity contribution in [3.63, 3.8) is 0 Å². The van der Waals surface area contributed by atoms with Gasteiger partial charge in [-0.1, -0.05) is 19.0 Å². The molecule has 8 heteroatoms. The minimum Gasteiger partial charge on any atom is -0.343 e. The Morgan fingerprint density at radius 1 is 1.23 bits per heavy atom. The highest BCUT2D eigenvalue weighted by Crippen LogP contribution is 2.47. The van der Waals surface area contributed by atoms with E-state index in [9.17, 15) is 4.79 Å². The van der Waals surface area contributed by atoms with Crippen molar-refractivity contribution in [1.82, 2.24) is 29.7 Å². The molecule has 2 saturated heterocycles. The lowest BCUT2D eigenvalue weighted by molar-refractivity contribution is -0.133. The molecule has 1 amide bonds. The quantitative estimate of drug-likeness (QED) is 0.728. The first-order valence-corrected chi connectivity index (χ1v) is 11.5. The molecule has 0 radical (unpaired) electrons. The summed E-state index contributed by atoms with van der Waals surface area (Å²) in [6.45, 7) is 11.0. The maximum absolute atomic E-state index is 12.9. The Hall–Kier alpha value is -2.22. The van der Waals surface area contributed by atoms with Gasteiger partial charge in [0.05, 0.1) is 11.7 Å². The molecule has 4 rings (SSSR count). The van der Waals surface area contributed by atoms with Crippen LogP contribution in [0, 0.1) is 19.3 Å². The third-order valence-electron chi connectivity index (χ3n) is 7.42. The summed E-state index contributed by atoms with van der Waals surface area (Å²) in [4.78, 5) is 21.9. The van der Waals surface area contributed by atoms with E-state index in [0.717, 1.165) is 62.5 Å². The van der Waals surface area contributed by atoms with Gasteiger partial charge in [-0.05, 0) is 57.6 Å². The van der Waals surface area contributed by atoms with Crippen molar-refractivity contribution in [2.45, 2.75) is 71.8 Å². The highest BCUT2D eigenvalue weighted by molar-refractivity contribution is 5.76. The van der Waals surface area contributed by atoms with Crippen LogP contribution in [0.25, 0.3) is 0 Å². The third kappa shape index (κ3) is 4.27. The summed E-state index contributed by atoms with van der Waals surface area (Å²) in [5.41, 5.74) is 3.65. The van der Waals surface area contributed by atoms with Crippen molar-refractivity contribution in [1.29, 1.82) is 0 Å². The van der Waals surface area contributed by atoms with Gasteiger partial charge in [0.2, 0.25) is 11.8 Å². The molecule has 170 valence electrons. The van der Waals surface area contributed by atoms with Crippen molar-refractivity contribution in [2.75, 3.05) is 26.7 Å². The van der Waals surface area contributed by atoms with Gasteiger partial charge in [-0.15, -0.1) is 0 Å². The number of hydrogen-bond donors (Lipinski definition) is 0. The molecular weight excluding hydrogens is 392 g/mol. The SMILES string of the molecule is Cc1nn(C)c(C)c1CCC(=O)N1CCC2(CC1)CC(c1noc(C(C)C)n1)N(C)C2. The Morgan fingerprint density at radius 2 is 1.94 bits per heavy atom. The molecule has 8 nitrogen and oxygen atoms in total. The Balaban J connectivity index is 1.33. The second-order valence-corrected chi connectivity index (χ2v) is 9.93. The van der Waals surface area contributed by atoms with Crippen molar-refractivity contribution in [3.05, 3.63) is 28.7 Å². The van der Waals surface area contributed by atoms with Crippen molar-refractivity contribution < 1.29 is 9.32 Å². The zero-order valence-electron chi connectivity index (χ0n) is 19.8. The number of hydrogen-bond acceptors (Lipinski definition) is 6. The molecule has 2 aliphatic rings. The summed E-state index contributed by atoms with van der Waals surface area (Å²) >= 11 is 0. The van der Waals surface area contributed by atoms with Gasteiger partial charge in [-0.2, -0.15) is 10.1 Å². The number of likely N-dealkylation sites (tertiary alicyclic amines) is 2. The summed E-state index contributed by atoms with van der Waals surface area (Å²) < 4.78 is 7.35. The van der Waals surface area contributed by atoms with E-state index in [0.29, 0.717) is 12.3 Å². The predicted octanol–water partition coefficient (Wildman–Crippen LogP) is 3.16. The van der Waals surface area contributed by atoms with Gasteiger partial charge in [0.15, 0.2) is 5.82 Å². The van der Waals surface area contributed by atoms with Crippen LogP contribution in [-0.4, -0.2) is 62.3 Å². The molecule has 2 aliphatic heterocycles. The van der Waals surface area contributed by atoms with Gasteiger partial charge in [-0.25, -0.2) is 0 Å². The number of rotatable bonds is 5. The second-order valence-electron chi connectivity index (χ2n) is 9.93. The van der Waals surface area contributed by atoms with E-state index >= 15 is 0 Å². The van der Waals surface area contributed by atoms with Gasteiger partial charge in [0.1, 0.15) is 0 Å². The van der Waals surface area contributed by atoms with Gasteiger partial charge in [-0.3, -0.25) is 14.4 Å². The van der Waals surface area contributed by atoms with Crippen LogP contribution in [-0.2, 0) is 18.3 Å². The third-order valence-corrected chi connectivity index (χ3v) is 7.42. The topological polar surface area (TPSA) is 80.3 Å². The average Bonchev–Trinajstić information content (AvgIpc) is 3.39. The Bertz CT molecular complexity index is 938. The first-order valence-electron chi connectivity index (χ1n) is 11.5. The van der Waals surface area contributed by atoms with Crippen LogP contribution in [0.15, 0.2) is 4.52 Å². The van der Waals surface area contributed by atoms with E-state index in [2.05, 4.69) is 52.9 Å². The lowest BCUT2D eigenvalue weighted by atomic mass is 9.76. The van der Waals surface area contributed by atoms with Crippen molar-refractivity contribution in [3.8, 4) is 0 Å². The first-order chi connectivity index (χ1) is 14.7. The van der Waals surface area contributed by atoms with Crippen LogP contribution in [0.3, 0.4) is 0 Å². The molecular formula is C23H36N6O2. The number of aromatic nitrogens is 4. The molecule has 0 aromatic carbocycles. The van der Waals surface area contributed by atoms with E-state index < -0.39 is 0 Å². The normalized spacial score (nSPS) is 21.5. The zero-order valence-corrected chi connectivity index (χ0v) is 19.8. The summed E-state index contributed by atoms with van der Waals surface area (Å²) in [5, 5.41) is 8.73. The van der Waals surface area contributed by atoms with Crippen LogP contribution in [0.5, 0.6) is 0 Å². The molecule has 2 aromatic rings. The summed E-state index contributed by atoms with van der Waals surface area (Å²) in [6, 6.07) is 0.204. The second kappa shape index (κ2) is 8.37. The fraction of sp³-hybridized carbons (Fsp3) is 0.739. The number of aryl methyl sites for hydroxylation is 2. The summed E-state index contributed by atoms with van der Waals surface area (Å²) in [7, 11) is 4.11. The fourth-order valence-corrected chi connectivity index (χ4v) is 5.34. The maximum Gasteiger partial charge on any atom is 0.229 e. The Kier molecular flexibility index (Phi) is 5.94. The highest BCUT2D eigenvalue weighted by atomic mass is 16.5. The van der Waals surface area contributed by atoms with Crippen LogP contribution in [0.1, 0.15) is 80.2 Å². The number of carbonyl (C=O) groups is 1. The smallest absolute Gasteiger partial charge is 0.229 e. The number of carbonyl (C=O) groups excluding carboxylic acids is 1. The van der Waals surface area contributed by atoms with Crippen molar-refractivity contribution in [2.24, 2.45) is 12.5 Å². The summed E-state index contributed by atoms with van der Waals surface area (Å²) in [6.07, 6.45) is 4.45. The lowest BCUT2D eigenvalue weighted by Gasteiger charge is -2.39. The van der Waals surface area contributed by atoms with Crippen LogP contribution in [0.2, 0.25) is 0 Å². The van der Waals surface area contributed by atoms with Gasteiger partial charge >= 0.3 is 0 Å². The number of piperidine rings is 1. The van der Waals surface area contributed by atoms with E-state index in [4.69, 9.17) is 4.52 Å². The van der Waals surface area contributed by atoms with E-state index in [1.807, 2.05) is 18.7 Å². The summed E-state index contributed by atoms with van der Waals surface area (Å²) in [5.74, 6) is 2.03. The fourth-order valence-electron chi connectivity index (χ4n) is 5.34. The molecule has 1 atom stereocenters. The van der Waals surface area contributed by atoms with Gasteiger partial charge in [0, 0.05) is 44.7 Å². The minimum atomic E-state index is 0.204. The monoisotopic (exact) mass is 428 g/mol. The molecule has 31 heavy (non-hydrogen) atoms. The predicted molar refractivity (Wildman–Crippen MR) is 118 cm³/mol. The van der Waals surface area contributed by atoms with Crippen molar-refractivity contribution >= 4 is 5.91 Å². The Labute approximate surface area is 185 Å². The highest BCUT2D eigenvalue weighted by Gasteiger charge is 2.46. The standard InChI is InChI=1S/C23H36N6O2/c1-15(2)22-24-21(26-31-22)19-13-23(14-27(19)5)9-11-29(12-10-23)20(30)8-7-18-16(3)25-28(6)17(18)4/h15,19H,7-14H2,1-6H3. The number of nitrogens with zero attached hydrogens (tertiary/aromatic N) is 6. The Morgan fingerprint density at radius 3 is 2.52 bits per heavy atom. The van der Waals surface area contributed by atoms with E-state index in [1.54, 1.807) is 0 Å². The van der Waals surface area contributed by atoms with E-state index in [1.165, 1.54) is 5.56 Å². The lowest BCUT2D eigenvalue weighted by Crippen LogP contribution is -2.44. The van der Waals surface area contributed by atoms with E-state index in [-0.39, 0.29) is 23.3 Å². The molecule has 2 aromatic heterocycles. The molecule has 0 bridgehead atoms. The van der Waals surface area contributed by atoms with Crippen LogP contribution < -0.4 is 0 Å². The zero-order chi connectivity index (χ0) is 22.3. The first kappa shape index (κ1) is 22.0. The molecule has 0 saturated carbocycles. The average molecular weight is 429 g/mol. The molecule has 0 N–H and O–H groups in total.